The van der Waals surface area contributed by atoms with E-state index in [1.165, 1.54) is 33.3 Å². The minimum Gasteiger partial charge on any atom is -0.331 e. The van der Waals surface area contributed by atoms with E-state index < -0.39 is 0 Å². The molecule has 134 valence electrons. The van der Waals surface area contributed by atoms with E-state index in [9.17, 15) is 0 Å². The molecule has 2 aromatic heterocycles. The number of benzene rings is 2. The van der Waals surface area contributed by atoms with Gasteiger partial charge >= 0.3 is 0 Å². The summed E-state index contributed by atoms with van der Waals surface area (Å²) in [6.07, 6.45) is 6.20. The largest absolute Gasteiger partial charge is 0.331 e. The molecule has 0 saturated carbocycles. The Balaban J connectivity index is 1.43. The molecule has 26 heavy (non-hydrogen) atoms. The van der Waals surface area contributed by atoms with E-state index in [0.717, 1.165) is 37.0 Å². The van der Waals surface area contributed by atoms with Gasteiger partial charge in [-0.1, -0.05) is 0 Å². The Morgan fingerprint density at radius 2 is 1.00 bits per heavy atom. The molecule has 0 atom stereocenters. The number of hydrogen-bond donors (Lipinski definition) is 0. The Hall–Kier alpha value is -2.62. The molecule has 0 amide bonds. The number of nitrogens with zero attached hydrogens (tertiary/aromatic N) is 4. The van der Waals surface area contributed by atoms with Crippen LogP contribution >= 0.6 is 0 Å². The lowest BCUT2D eigenvalue weighted by molar-refractivity contribution is 0.566. The molecule has 2 aromatic carbocycles. The average Bonchev–Trinajstić information content (AvgIpc) is 3.17. The molecule has 4 rings (SSSR count). The molecule has 0 N–H and O–H groups in total. The Morgan fingerprint density at radius 1 is 0.615 bits per heavy atom. The Labute approximate surface area is 154 Å². The van der Waals surface area contributed by atoms with Crippen molar-refractivity contribution in [2.45, 2.75) is 53.6 Å². The quantitative estimate of drug-likeness (QED) is 0.471. The van der Waals surface area contributed by atoms with Crippen LogP contribution in [-0.2, 0) is 13.1 Å². The third-order valence-electron chi connectivity index (χ3n) is 5.52. The van der Waals surface area contributed by atoms with Gasteiger partial charge in [0.05, 0.1) is 34.7 Å². The third kappa shape index (κ3) is 3.00. The van der Waals surface area contributed by atoms with Crippen molar-refractivity contribution in [1.29, 1.82) is 0 Å². The first kappa shape index (κ1) is 16.8. The molecule has 0 saturated heterocycles. The van der Waals surface area contributed by atoms with Crippen molar-refractivity contribution >= 4 is 22.1 Å². The Morgan fingerprint density at radius 3 is 1.42 bits per heavy atom. The van der Waals surface area contributed by atoms with Crippen molar-refractivity contribution in [3.8, 4) is 0 Å². The number of hydrogen-bond acceptors (Lipinski definition) is 2. The van der Waals surface area contributed by atoms with Gasteiger partial charge in [0.1, 0.15) is 0 Å². The summed E-state index contributed by atoms with van der Waals surface area (Å²) in [4.78, 5) is 9.11. The first-order valence-corrected chi connectivity index (χ1v) is 9.37. The van der Waals surface area contributed by atoms with E-state index in [0.29, 0.717) is 0 Å². The monoisotopic (exact) mass is 346 g/mol. The molecule has 0 aliphatic rings. The van der Waals surface area contributed by atoms with Crippen LogP contribution in [0.5, 0.6) is 0 Å². The van der Waals surface area contributed by atoms with Crippen molar-refractivity contribution < 1.29 is 0 Å². The lowest BCUT2D eigenvalue weighted by Crippen LogP contribution is -2.01. The van der Waals surface area contributed by atoms with Crippen LogP contribution < -0.4 is 0 Å². The Kier molecular flexibility index (Phi) is 4.27. The van der Waals surface area contributed by atoms with Crippen molar-refractivity contribution in [1.82, 2.24) is 19.1 Å². The van der Waals surface area contributed by atoms with Gasteiger partial charge < -0.3 is 9.13 Å². The van der Waals surface area contributed by atoms with Crippen LogP contribution in [0.1, 0.15) is 35.1 Å². The number of imidazole rings is 2. The number of aryl methyl sites for hydroxylation is 6. The average molecular weight is 346 g/mol. The van der Waals surface area contributed by atoms with Gasteiger partial charge in [0, 0.05) is 13.1 Å². The van der Waals surface area contributed by atoms with Gasteiger partial charge in [-0.25, -0.2) is 9.97 Å². The second-order valence-electron chi connectivity index (χ2n) is 7.43. The highest BCUT2D eigenvalue weighted by atomic mass is 15.1. The predicted octanol–water partition coefficient (Wildman–Crippen LogP) is 5.10. The Bertz CT molecular complexity index is 997. The van der Waals surface area contributed by atoms with E-state index in [-0.39, 0.29) is 0 Å². The smallest absolute Gasteiger partial charge is 0.0958 e. The van der Waals surface area contributed by atoms with E-state index in [1.807, 2.05) is 12.7 Å². The van der Waals surface area contributed by atoms with E-state index in [1.54, 1.807) is 0 Å². The lowest BCUT2D eigenvalue weighted by atomic mass is 10.1. The van der Waals surface area contributed by atoms with E-state index in [2.05, 4.69) is 71.1 Å². The fraction of sp³-hybridized carbons (Fsp3) is 0.364. The summed E-state index contributed by atoms with van der Waals surface area (Å²) in [5.41, 5.74) is 9.95. The van der Waals surface area contributed by atoms with Crippen LogP contribution in [0.4, 0.5) is 0 Å². The molecule has 4 nitrogen and oxygen atoms in total. The fourth-order valence-corrected chi connectivity index (χ4v) is 3.55. The number of aromatic nitrogens is 4. The molecule has 4 aromatic rings. The van der Waals surface area contributed by atoms with Crippen LogP contribution in [0.2, 0.25) is 0 Å². The molecular formula is C22H26N4. The van der Waals surface area contributed by atoms with Crippen LogP contribution in [-0.4, -0.2) is 19.1 Å². The van der Waals surface area contributed by atoms with E-state index in [4.69, 9.17) is 0 Å². The molecule has 0 aliphatic carbocycles. The molecule has 0 bridgehead atoms. The predicted molar refractivity (Wildman–Crippen MR) is 108 cm³/mol. The molecule has 0 fully saturated rings. The summed E-state index contributed by atoms with van der Waals surface area (Å²) in [6, 6.07) is 8.88. The molecule has 2 heterocycles. The lowest BCUT2D eigenvalue weighted by Gasteiger charge is -2.08. The normalized spacial score (nSPS) is 11.7. The maximum absolute atomic E-state index is 4.56. The van der Waals surface area contributed by atoms with Crippen LogP contribution in [0.3, 0.4) is 0 Å². The van der Waals surface area contributed by atoms with Crippen molar-refractivity contribution in [3.05, 3.63) is 59.2 Å². The van der Waals surface area contributed by atoms with Gasteiger partial charge in [-0.3, -0.25) is 0 Å². The van der Waals surface area contributed by atoms with Gasteiger partial charge in [0.15, 0.2) is 0 Å². The zero-order chi connectivity index (χ0) is 18.3. The van der Waals surface area contributed by atoms with Crippen molar-refractivity contribution in [2.75, 3.05) is 0 Å². The van der Waals surface area contributed by atoms with Crippen LogP contribution in [0.25, 0.3) is 22.1 Å². The number of fused-ring (bicyclic) bond motifs is 2. The topological polar surface area (TPSA) is 35.6 Å². The maximum Gasteiger partial charge on any atom is 0.0958 e. The van der Waals surface area contributed by atoms with Gasteiger partial charge in [-0.2, -0.15) is 0 Å². The fourth-order valence-electron chi connectivity index (χ4n) is 3.55. The van der Waals surface area contributed by atoms with Gasteiger partial charge in [0.2, 0.25) is 0 Å². The summed E-state index contributed by atoms with van der Waals surface area (Å²) in [5, 5.41) is 0. The second kappa shape index (κ2) is 6.60. The molecule has 0 radical (unpaired) electrons. The zero-order valence-electron chi connectivity index (χ0n) is 16.1. The van der Waals surface area contributed by atoms with Gasteiger partial charge in [0.25, 0.3) is 0 Å². The van der Waals surface area contributed by atoms with Crippen molar-refractivity contribution in [3.63, 3.8) is 0 Å². The summed E-state index contributed by atoms with van der Waals surface area (Å²) in [5.74, 6) is 0. The zero-order valence-corrected chi connectivity index (χ0v) is 16.1. The van der Waals surface area contributed by atoms with Crippen LogP contribution in [0, 0.1) is 27.7 Å². The van der Waals surface area contributed by atoms with Crippen molar-refractivity contribution in [2.24, 2.45) is 0 Å². The second-order valence-corrected chi connectivity index (χ2v) is 7.43. The van der Waals surface area contributed by atoms with Gasteiger partial charge in [-0.05, 0) is 87.1 Å². The third-order valence-corrected chi connectivity index (χ3v) is 5.52. The van der Waals surface area contributed by atoms with Crippen LogP contribution in [0.15, 0.2) is 36.9 Å². The molecule has 0 aliphatic heterocycles. The summed E-state index contributed by atoms with van der Waals surface area (Å²) in [6.45, 7) is 10.6. The first-order valence-electron chi connectivity index (χ1n) is 9.37. The molecule has 0 spiro atoms. The molecule has 4 heteroatoms. The summed E-state index contributed by atoms with van der Waals surface area (Å²) >= 11 is 0. The maximum atomic E-state index is 4.56. The minimum atomic E-state index is 1.00. The molecule has 0 unspecified atom stereocenters. The highest BCUT2D eigenvalue weighted by molar-refractivity contribution is 5.78. The molecular weight excluding hydrogens is 320 g/mol. The summed E-state index contributed by atoms with van der Waals surface area (Å²) < 4.78 is 4.56. The van der Waals surface area contributed by atoms with Gasteiger partial charge in [-0.15, -0.1) is 0 Å². The SMILES string of the molecule is Cc1cc2ncn(CCCCn3cnc4cc(C)c(C)cc43)c2cc1C. The standard InChI is InChI=1S/C22H26N4/c1-15-9-19-21(11-17(15)3)25(13-23-19)7-5-6-8-26-14-24-20-10-16(2)18(4)12-22(20)26/h9-14H,5-8H2,1-4H3. The number of rotatable bonds is 5. The first-order chi connectivity index (χ1) is 12.5. The minimum absolute atomic E-state index is 1.00. The highest BCUT2D eigenvalue weighted by Crippen LogP contribution is 2.20. The summed E-state index contributed by atoms with van der Waals surface area (Å²) in [7, 11) is 0. The highest BCUT2D eigenvalue weighted by Gasteiger charge is 2.07. The van der Waals surface area contributed by atoms with E-state index >= 15 is 0 Å². The number of unbranched alkanes of at least 4 members (excludes halogenated alkanes) is 1.